The average Bonchev–Trinajstić information content (AvgIpc) is 2.79. The maximum atomic E-state index is 11.5. The number of unbranched alkanes of at least 4 members (excludes halogenated alkanes) is 1. The van der Waals surface area contributed by atoms with E-state index < -0.39 is 0 Å². The van der Waals surface area contributed by atoms with E-state index in [2.05, 4.69) is 22.5 Å². The van der Waals surface area contributed by atoms with Crippen LogP contribution in [0.3, 0.4) is 0 Å². The highest BCUT2D eigenvalue weighted by atomic mass is 16.2. The second-order valence-electron chi connectivity index (χ2n) is 3.69. The van der Waals surface area contributed by atoms with Gasteiger partial charge >= 0.3 is 6.03 Å². The molecule has 1 atom stereocenters. The Morgan fingerprint density at radius 2 is 2.31 bits per heavy atom. The molecule has 1 aromatic heterocycles. The Labute approximate surface area is 96.3 Å². The van der Waals surface area contributed by atoms with Crippen molar-refractivity contribution in [2.24, 2.45) is 0 Å². The van der Waals surface area contributed by atoms with Gasteiger partial charge in [0, 0.05) is 18.9 Å². The van der Waals surface area contributed by atoms with Crippen molar-refractivity contribution >= 4 is 6.03 Å². The first-order valence-electron chi connectivity index (χ1n) is 5.79. The van der Waals surface area contributed by atoms with Crippen LogP contribution in [-0.4, -0.2) is 22.1 Å². The van der Waals surface area contributed by atoms with Crippen molar-refractivity contribution in [3.8, 4) is 0 Å². The summed E-state index contributed by atoms with van der Waals surface area (Å²) >= 11 is 0. The lowest BCUT2D eigenvalue weighted by Gasteiger charge is -2.18. The van der Waals surface area contributed by atoms with E-state index in [-0.39, 0.29) is 12.2 Å². The minimum atomic E-state index is -0.117. The minimum absolute atomic E-state index is 0.0240. The molecule has 2 amide bonds. The third-order valence-electron chi connectivity index (χ3n) is 2.39. The average molecular weight is 224 g/mol. The van der Waals surface area contributed by atoms with E-state index in [0.29, 0.717) is 0 Å². The Bertz CT molecular complexity index is 297. The lowest BCUT2D eigenvalue weighted by molar-refractivity contribution is 0.231. The summed E-state index contributed by atoms with van der Waals surface area (Å²) < 4.78 is 1.89. The summed E-state index contributed by atoms with van der Waals surface area (Å²) in [7, 11) is 0. The fourth-order valence-electron chi connectivity index (χ4n) is 1.42. The first-order valence-corrected chi connectivity index (χ1v) is 5.79. The number of carbonyl (C=O) groups excluding carboxylic acids is 1. The lowest BCUT2D eigenvalue weighted by atomic mass is 10.3. The highest BCUT2D eigenvalue weighted by molar-refractivity contribution is 5.73. The van der Waals surface area contributed by atoms with Crippen LogP contribution in [0.2, 0.25) is 0 Å². The van der Waals surface area contributed by atoms with E-state index in [0.717, 1.165) is 25.8 Å². The van der Waals surface area contributed by atoms with Crippen LogP contribution < -0.4 is 10.6 Å². The zero-order valence-corrected chi connectivity index (χ0v) is 9.94. The summed E-state index contributed by atoms with van der Waals surface area (Å²) in [5.74, 6) is 0. The largest absolute Gasteiger partial charge is 0.338 e. The van der Waals surface area contributed by atoms with Gasteiger partial charge in [-0.15, -0.1) is 0 Å². The molecule has 1 unspecified atom stereocenters. The molecule has 0 aliphatic heterocycles. The number of carbonyl (C=O) groups is 1. The Morgan fingerprint density at radius 3 is 2.88 bits per heavy atom. The van der Waals surface area contributed by atoms with Crippen molar-refractivity contribution in [3.05, 3.63) is 18.7 Å². The fraction of sp³-hybridized carbons (Fsp3) is 0.636. The molecule has 1 rings (SSSR count). The Balaban J connectivity index is 2.36. The first kappa shape index (κ1) is 12.5. The third kappa shape index (κ3) is 3.92. The predicted molar refractivity (Wildman–Crippen MR) is 63.0 cm³/mol. The number of rotatable bonds is 6. The Morgan fingerprint density at radius 1 is 1.50 bits per heavy atom. The van der Waals surface area contributed by atoms with E-state index in [1.165, 1.54) is 0 Å². The molecule has 0 saturated carbocycles. The fourth-order valence-corrected chi connectivity index (χ4v) is 1.42. The second kappa shape index (κ2) is 6.87. The van der Waals surface area contributed by atoms with E-state index in [1.54, 1.807) is 12.5 Å². The summed E-state index contributed by atoms with van der Waals surface area (Å²) in [6.07, 6.45) is 8.16. The number of nitrogens with zero attached hydrogens (tertiary/aromatic N) is 2. The second-order valence-corrected chi connectivity index (χ2v) is 3.69. The molecule has 0 radical (unpaired) electrons. The van der Waals surface area contributed by atoms with Crippen molar-refractivity contribution in [1.29, 1.82) is 0 Å². The molecule has 5 heteroatoms. The van der Waals surface area contributed by atoms with Crippen molar-refractivity contribution in [3.63, 3.8) is 0 Å². The van der Waals surface area contributed by atoms with Crippen LogP contribution >= 0.6 is 0 Å². The third-order valence-corrected chi connectivity index (χ3v) is 2.39. The normalized spacial score (nSPS) is 12.1. The number of imidazole rings is 1. The maximum Gasteiger partial charge on any atom is 0.316 e. The summed E-state index contributed by atoms with van der Waals surface area (Å²) in [6, 6.07) is -0.117. The minimum Gasteiger partial charge on any atom is -0.338 e. The predicted octanol–water partition coefficient (Wildman–Crippen LogP) is 1.89. The van der Waals surface area contributed by atoms with Crippen molar-refractivity contribution in [2.45, 2.75) is 39.3 Å². The Hall–Kier alpha value is -1.52. The molecule has 0 aromatic carbocycles. The van der Waals surface area contributed by atoms with Crippen LogP contribution in [0.4, 0.5) is 4.79 Å². The van der Waals surface area contributed by atoms with Gasteiger partial charge in [-0.2, -0.15) is 0 Å². The van der Waals surface area contributed by atoms with E-state index in [9.17, 15) is 4.79 Å². The van der Waals surface area contributed by atoms with Crippen LogP contribution in [0, 0.1) is 0 Å². The van der Waals surface area contributed by atoms with Crippen molar-refractivity contribution in [2.75, 3.05) is 6.54 Å². The molecular weight excluding hydrogens is 204 g/mol. The highest BCUT2D eigenvalue weighted by Gasteiger charge is 2.10. The summed E-state index contributed by atoms with van der Waals surface area (Å²) in [4.78, 5) is 15.5. The number of amides is 2. The van der Waals surface area contributed by atoms with Gasteiger partial charge < -0.3 is 15.2 Å². The van der Waals surface area contributed by atoms with Gasteiger partial charge in [0.1, 0.15) is 6.17 Å². The van der Waals surface area contributed by atoms with Crippen molar-refractivity contribution in [1.82, 2.24) is 20.2 Å². The molecule has 0 saturated heterocycles. The molecule has 0 fully saturated rings. The zero-order chi connectivity index (χ0) is 11.8. The van der Waals surface area contributed by atoms with Gasteiger partial charge in [-0.3, -0.25) is 0 Å². The van der Waals surface area contributed by atoms with Gasteiger partial charge in [0.15, 0.2) is 0 Å². The molecule has 2 N–H and O–H groups in total. The van der Waals surface area contributed by atoms with Gasteiger partial charge in [0.25, 0.3) is 0 Å². The number of aromatic nitrogens is 2. The van der Waals surface area contributed by atoms with Gasteiger partial charge in [-0.05, 0) is 12.8 Å². The summed E-state index contributed by atoms with van der Waals surface area (Å²) in [6.45, 7) is 4.85. The van der Waals surface area contributed by atoms with Crippen LogP contribution in [0.1, 0.15) is 39.3 Å². The summed E-state index contributed by atoms with van der Waals surface area (Å²) in [5, 5.41) is 5.73. The summed E-state index contributed by atoms with van der Waals surface area (Å²) in [5.41, 5.74) is 0. The topological polar surface area (TPSA) is 59.0 Å². The molecule has 0 bridgehead atoms. The molecular formula is C11H20N4O. The monoisotopic (exact) mass is 224 g/mol. The number of nitrogens with one attached hydrogen (secondary N) is 2. The molecule has 5 nitrogen and oxygen atoms in total. The van der Waals surface area contributed by atoms with Crippen molar-refractivity contribution < 1.29 is 4.79 Å². The Kier molecular flexibility index (Phi) is 5.39. The highest BCUT2D eigenvalue weighted by Crippen LogP contribution is 2.05. The first-order chi connectivity index (χ1) is 7.77. The van der Waals surface area contributed by atoms with Gasteiger partial charge in [0.05, 0.1) is 6.33 Å². The van der Waals surface area contributed by atoms with Gasteiger partial charge in [-0.25, -0.2) is 9.78 Å². The number of hydrogen-bond acceptors (Lipinski definition) is 2. The molecule has 0 aliphatic carbocycles. The van der Waals surface area contributed by atoms with Gasteiger partial charge in [-0.1, -0.05) is 20.3 Å². The SMILES string of the molecule is CCCCNC(=O)NC(CC)n1ccnc1. The van der Waals surface area contributed by atoms with E-state index >= 15 is 0 Å². The van der Waals surface area contributed by atoms with E-state index in [1.807, 2.05) is 17.7 Å². The van der Waals surface area contributed by atoms with E-state index in [4.69, 9.17) is 0 Å². The van der Waals surface area contributed by atoms with Gasteiger partial charge in [0.2, 0.25) is 0 Å². The van der Waals surface area contributed by atoms with Crippen LogP contribution in [-0.2, 0) is 0 Å². The molecule has 0 spiro atoms. The maximum absolute atomic E-state index is 11.5. The molecule has 1 aromatic rings. The molecule has 16 heavy (non-hydrogen) atoms. The molecule has 90 valence electrons. The standard InChI is InChI=1S/C11H20N4O/c1-3-5-6-13-11(16)14-10(4-2)15-8-7-12-9-15/h7-10H,3-6H2,1-2H3,(H2,13,14,16). The number of hydrogen-bond donors (Lipinski definition) is 2. The molecule has 0 aliphatic rings. The number of urea groups is 1. The lowest BCUT2D eigenvalue weighted by Crippen LogP contribution is -2.40. The van der Waals surface area contributed by atoms with Crippen LogP contribution in [0.25, 0.3) is 0 Å². The molecule has 1 heterocycles. The zero-order valence-electron chi connectivity index (χ0n) is 9.94. The smallest absolute Gasteiger partial charge is 0.316 e. The van der Waals surface area contributed by atoms with Crippen LogP contribution in [0.15, 0.2) is 18.7 Å². The quantitative estimate of drug-likeness (QED) is 0.725. The van der Waals surface area contributed by atoms with Crippen LogP contribution in [0.5, 0.6) is 0 Å².